The van der Waals surface area contributed by atoms with E-state index in [-0.39, 0.29) is 20.3 Å². The zero-order valence-corrected chi connectivity index (χ0v) is 21.0. The van der Waals surface area contributed by atoms with Crippen molar-refractivity contribution in [1.82, 2.24) is 9.13 Å². The molecular formula is C28H6F6N6O4. The molecule has 214 valence electrons. The fraction of sp³-hybridized carbons (Fsp3) is 0.0714. The number of hydrogen-bond acceptors (Lipinski definition) is 8. The first kappa shape index (κ1) is 29.0. The van der Waals surface area contributed by atoms with Gasteiger partial charge in [-0.2, -0.15) is 47.4 Å². The van der Waals surface area contributed by atoms with Crippen LogP contribution in [0.1, 0.15) is 33.4 Å². The largest absolute Gasteiger partial charge is 0.418 e. The van der Waals surface area contributed by atoms with Crippen LogP contribution in [0.15, 0.2) is 55.6 Å². The minimum Gasteiger partial charge on any atom is -0.268 e. The first-order valence-corrected chi connectivity index (χ1v) is 11.7. The van der Waals surface area contributed by atoms with Gasteiger partial charge in [-0.15, -0.1) is 0 Å². The Labute approximate surface area is 237 Å². The maximum Gasteiger partial charge on any atom is 0.418 e. The fourth-order valence-corrected chi connectivity index (χ4v) is 5.00. The molecule has 3 aromatic carbocycles. The second-order valence-electron chi connectivity index (χ2n) is 9.04. The van der Waals surface area contributed by atoms with E-state index in [0.717, 1.165) is 36.4 Å². The molecule has 0 unspecified atom stereocenters. The predicted octanol–water partition coefficient (Wildman–Crippen LogP) is 3.42. The number of fused-ring (bicyclic) bond motifs is 2. The van der Waals surface area contributed by atoms with Crippen LogP contribution >= 0.6 is 0 Å². The van der Waals surface area contributed by atoms with Gasteiger partial charge in [-0.1, -0.05) is 0 Å². The van der Waals surface area contributed by atoms with Gasteiger partial charge in [-0.05, 0) is 36.4 Å². The lowest BCUT2D eigenvalue weighted by molar-refractivity contribution is -0.137. The van der Waals surface area contributed by atoms with Gasteiger partial charge in [-0.25, -0.2) is 9.13 Å². The third kappa shape index (κ3) is 3.94. The van der Waals surface area contributed by atoms with Crippen LogP contribution in [0.5, 0.6) is 0 Å². The highest BCUT2D eigenvalue weighted by Crippen LogP contribution is 2.44. The number of rotatable bonds is 2. The van der Waals surface area contributed by atoms with Crippen molar-refractivity contribution >= 4 is 21.5 Å². The summed E-state index contributed by atoms with van der Waals surface area (Å²) in [5, 5.41) is 29.4. The van der Waals surface area contributed by atoms with Gasteiger partial charge in [0.25, 0.3) is 22.2 Å². The lowest BCUT2D eigenvalue weighted by Crippen LogP contribution is -2.26. The SMILES string of the molecule is N#Cc1ccc(-n2c(=O)c3c(C(F)(F)F)c4c(=O)n(-c5ccc(C#N)c(C#N)c5)c(=O)c4c(C(F)(F)F)c3c2=O)cc1C#N. The molecule has 16 heteroatoms. The maximum absolute atomic E-state index is 14.6. The van der Waals surface area contributed by atoms with Crippen LogP contribution in [0.25, 0.3) is 32.9 Å². The molecule has 0 spiro atoms. The Balaban J connectivity index is 2.09. The third-order valence-electron chi connectivity index (χ3n) is 6.74. The van der Waals surface area contributed by atoms with Crippen LogP contribution in [0, 0.1) is 45.3 Å². The van der Waals surface area contributed by atoms with Crippen molar-refractivity contribution in [3.8, 4) is 35.7 Å². The van der Waals surface area contributed by atoms with Crippen molar-refractivity contribution in [3.63, 3.8) is 0 Å². The number of halogens is 6. The first-order valence-electron chi connectivity index (χ1n) is 11.7. The Hall–Kier alpha value is -6.52. The molecule has 5 rings (SSSR count). The second kappa shape index (κ2) is 9.51. The lowest BCUT2D eigenvalue weighted by Gasteiger charge is -2.13. The Morgan fingerprint density at radius 2 is 0.750 bits per heavy atom. The molecule has 0 aliphatic heterocycles. The topological polar surface area (TPSA) is 173 Å². The second-order valence-corrected chi connectivity index (χ2v) is 9.04. The molecule has 0 saturated heterocycles. The molecule has 44 heavy (non-hydrogen) atoms. The molecule has 0 atom stereocenters. The van der Waals surface area contributed by atoms with Gasteiger partial charge in [-0.3, -0.25) is 19.2 Å². The molecule has 0 aliphatic rings. The molecule has 2 aromatic heterocycles. The van der Waals surface area contributed by atoms with Gasteiger partial charge < -0.3 is 0 Å². The average Bonchev–Trinajstić information content (AvgIpc) is 3.37. The molecule has 2 heterocycles. The van der Waals surface area contributed by atoms with E-state index in [1.54, 1.807) is 24.3 Å². The minimum atomic E-state index is -5.78. The minimum absolute atomic E-state index is 0.0845. The lowest BCUT2D eigenvalue weighted by atomic mass is 9.96. The monoisotopic (exact) mass is 604 g/mol. The summed E-state index contributed by atoms with van der Waals surface area (Å²) in [5.41, 5.74) is -15.1. The highest BCUT2D eigenvalue weighted by Gasteiger charge is 2.47. The van der Waals surface area contributed by atoms with E-state index >= 15 is 0 Å². The summed E-state index contributed by atoms with van der Waals surface area (Å²) in [6, 6.07) is 11.3. The van der Waals surface area contributed by atoms with E-state index in [1.807, 2.05) is 0 Å². The molecule has 0 N–H and O–H groups in total. The normalized spacial score (nSPS) is 11.7. The summed E-state index contributed by atoms with van der Waals surface area (Å²) in [6.07, 6.45) is -11.6. The summed E-state index contributed by atoms with van der Waals surface area (Å²) in [6.45, 7) is 0. The Kier molecular flexibility index (Phi) is 6.27. The van der Waals surface area contributed by atoms with E-state index in [2.05, 4.69) is 0 Å². The van der Waals surface area contributed by atoms with Gasteiger partial charge in [0.15, 0.2) is 0 Å². The average molecular weight is 604 g/mol. The zero-order valence-electron chi connectivity index (χ0n) is 21.0. The Bertz CT molecular complexity index is 2250. The molecule has 0 fully saturated rings. The zero-order chi connectivity index (χ0) is 32.5. The van der Waals surface area contributed by atoms with E-state index in [0.29, 0.717) is 0 Å². The Morgan fingerprint density at radius 3 is 0.977 bits per heavy atom. The number of benzene rings is 3. The summed E-state index contributed by atoms with van der Waals surface area (Å²) >= 11 is 0. The smallest absolute Gasteiger partial charge is 0.268 e. The quantitative estimate of drug-likeness (QED) is 0.276. The van der Waals surface area contributed by atoms with E-state index < -0.39 is 89.8 Å². The molecule has 0 saturated carbocycles. The van der Waals surface area contributed by atoms with Crippen molar-refractivity contribution in [2.24, 2.45) is 0 Å². The highest BCUT2D eigenvalue weighted by molar-refractivity contribution is 6.07. The summed E-state index contributed by atoms with van der Waals surface area (Å²) in [4.78, 5) is 53.7. The van der Waals surface area contributed by atoms with E-state index in [1.165, 1.54) is 0 Å². The van der Waals surface area contributed by atoms with Crippen molar-refractivity contribution in [1.29, 1.82) is 21.0 Å². The van der Waals surface area contributed by atoms with Crippen molar-refractivity contribution < 1.29 is 26.3 Å². The fourth-order valence-electron chi connectivity index (χ4n) is 5.00. The summed E-state index contributed by atoms with van der Waals surface area (Å²) in [5.74, 6) is 0. The molecule has 0 radical (unpaired) electrons. The maximum atomic E-state index is 14.6. The van der Waals surface area contributed by atoms with Crippen LogP contribution < -0.4 is 22.2 Å². The highest BCUT2D eigenvalue weighted by atomic mass is 19.4. The van der Waals surface area contributed by atoms with Crippen molar-refractivity contribution in [2.75, 3.05) is 0 Å². The van der Waals surface area contributed by atoms with Gasteiger partial charge in [0, 0.05) is 0 Å². The molecule has 5 aromatic rings. The van der Waals surface area contributed by atoms with Gasteiger partial charge in [0.05, 0.1) is 66.3 Å². The standard InChI is InChI=1S/C28H6F6N6O4/c29-27(30,31)21-17-18(24(42)39(23(17)41)15-3-1-11(7-35)13(5-15)9-37)22(28(32,33)34)20-19(21)25(43)40(26(20)44)16-4-2-12(8-36)14(6-16)10-38/h1-6H. The van der Waals surface area contributed by atoms with Crippen molar-refractivity contribution in [2.45, 2.75) is 12.4 Å². The van der Waals surface area contributed by atoms with Crippen LogP contribution in [0.2, 0.25) is 0 Å². The Morgan fingerprint density at radius 1 is 0.477 bits per heavy atom. The number of hydrogen-bond donors (Lipinski definition) is 0. The van der Waals surface area contributed by atoms with E-state index in [9.17, 15) is 56.0 Å². The summed E-state index contributed by atoms with van der Waals surface area (Å²) < 4.78 is 87.5. The number of nitrogens with zero attached hydrogens (tertiary/aromatic N) is 6. The molecule has 10 nitrogen and oxygen atoms in total. The summed E-state index contributed by atoms with van der Waals surface area (Å²) in [7, 11) is 0. The molecule has 0 aliphatic carbocycles. The van der Waals surface area contributed by atoms with Crippen LogP contribution in [-0.2, 0) is 12.4 Å². The molecule has 0 bridgehead atoms. The number of alkyl halides is 6. The van der Waals surface area contributed by atoms with Gasteiger partial charge in [0.2, 0.25) is 0 Å². The third-order valence-corrected chi connectivity index (χ3v) is 6.74. The van der Waals surface area contributed by atoms with E-state index in [4.69, 9.17) is 10.5 Å². The van der Waals surface area contributed by atoms with Gasteiger partial charge >= 0.3 is 12.4 Å². The molecule has 0 amide bonds. The number of aromatic nitrogens is 2. The van der Waals surface area contributed by atoms with Crippen molar-refractivity contribution in [3.05, 3.63) is 111 Å². The molecular weight excluding hydrogens is 598 g/mol. The van der Waals surface area contributed by atoms with Crippen LogP contribution in [0.4, 0.5) is 26.3 Å². The predicted molar refractivity (Wildman–Crippen MR) is 136 cm³/mol. The van der Waals surface area contributed by atoms with Crippen LogP contribution in [0.3, 0.4) is 0 Å². The first-order chi connectivity index (χ1) is 20.6. The van der Waals surface area contributed by atoms with Gasteiger partial charge in [0.1, 0.15) is 24.3 Å². The van der Waals surface area contributed by atoms with Crippen LogP contribution in [-0.4, -0.2) is 9.13 Å². The number of nitriles is 4.